The number of amides is 3. The minimum Gasteiger partial charge on any atom is -0.480 e. The fourth-order valence-electron chi connectivity index (χ4n) is 3.94. The largest absolute Gasteiger partial charge is 0.480 e. The number of fused-ring (bicyclic) bond motifs is 1. The van der Waals surface area contributed by atoms with Crippen molar-refractivity contribution >= 4 is 23.7 Å². The van der Waals surface area contributed by atoms with Crippen LogP contribution in [0.1, 0.15) is 39.1 Å². The van der Waals surface area contributed by atoms with Crippen LogP contribution in [-0.2, 0) is 16.0 Å². The Balaban J connectivity index is 1.74. The van der Waals surface area contributed by atoms with Gasteiger partial charge in [-0.3, -0.25) is 19.3 Å². The van der Waals surface area contributed by atoms with Crippen LogP contribution >= 0.6 is 0 Å². The van der Waals surface area contributed by atoms with Gasteiger partial charge in [-0.05, 0) is 30.5 Å². The lowest BCUT2D eigenvalue weighted by Gasteiger charge is -2.34. The fourth-order valence-corrected chi connectivity index (χ4v) is 3.94. The molecule has 0 saturated carbocycles. The number of allylic oxidation sites excluding steroid dienone is 1. The first-order valence-electron chi connectivity index (χ1n) is 9.71. The van der Waals surface area contributed by atoms with E-state index in [-0.39, 0.29) is 24.0 Å². The summed E-state index contributed by atoms with van der Waals surface area (Å²) in [5.74, 6) is -2.79. The van der Waals surface area contributed by atoms with Crippen LogP contribution in [-0.4, -0.2) is 50.7 Å². The molecule has 4 rings (SSSR count). The van der Waals surface area contributed by atoms with E-state index < -0.39 is 35.8 Å². The van der Waals surface area contributed by atoms with Gasteiger partial charge in [-0.25, -0.2) is 4.79 Å². The van der Waals surface area contributed by atoms with Crippen LogP contribution in [0.5, 0.6) is 0 Å². The Bertz CT molecular complexity index is 1010. The van der Waals surface area contributed by atoms with Gasteiger partial charge in [-0.2, -0.15) is 0 Å². The molecule has 0 spiro atoms. The van der Waals surface area contributed by atoms with Crippen molar-refractivity contribution in [3.05, 3.63) is 83.6 Å². The molecule has 2 aliphatic rings. The molecule has 0 aliphatic carbocycles. The number of aliphatic carboxylic acids is 1. The minimum atomic E-state index is -1.15. The maximum absolute atomic E-state index is 13.5. The van der Waals surface area contributed by atoms with Crippen molar-refractivity contribution in [2.24, 2.45) is 0 Å². The summed E-state index contributed by atoms with van der Waals surface area (Å²) in [6.45, 7) is 0. The molecule has 0 aromatic heterocycles. The van der Waals surface area contributed by atoms with E-state index in [2.05, 4.69) is 0 Å². The summed E-state index contributed by atoms with van der Waals surface area (Å²) < 4.78 is 0. The Kier molecular flexibility index (Phi) is 5.18. The van der Waals surface area contributed by atoms with E-state index in [0.717, 1.165) is 15.4 Å². The molecule has 2 aromatic carbocycles. The van der Waals surface area contributed by atoms with E-state index in [1.165, 1.54) is 6.20 Å². The van der Waals surface area contributed by atoms with Crippen LogP contribution in [0.4, 0.5) is 0 Å². The van der Waals surface area contributed by atoms with Gasteiger partial charge in [0.1, 0.15) is 12.1 Å². The van der Waals surface area contributed by atoms with Crippen LogP contribution in [0, 0.1) is 0 Å². The van der Waals surface area contributed by atoms with Crippen molar-refractivity contribution in [3.8, 4) is 0 Å². The maximum Gasteiger partial charge on any atom is 0.326 e. The number of carboxylic acids is 1. The van der Waals surface area contributed by atoms with Crippen LogP contribution < -0.4 is 0 Å². The monoisotopic (exact) mass is 404 g/mol. The predicted octanol–water partition coefficient (Wildman–Crippen LogP) is 2.48. The Hall–Kier alpha value is -3.74. The Morgan fingerprint density at radius 3 is 2.17 bits per heavy atom. The van der Waals surface area contributed by atoms with Crippen molar-refractivity contribution in [1.29, 1.82) is 0 Å². The summed E-state index contributed by atoms with van der Waals surface area (Å²) in [5.41, 5.74) is 1.26. The van der Waals surface area contributed by atoms with Gasteiger partial charge < -0.3 is 10.0 Å². The predicted molar refractivity (Wildman–Crippen MR) is 108 cm³/mol. The third-order valence-electron chi connectivity index (χ3n) is 5.44. The topological polar surface area (TPSA) is 95.0 Å². The zero-order valence-electron chi connectivity index (χ0n) is 16.1. The van der Waals surface area contributed by atoms with Crippen molar-refractivity contribution in [2.45, 2.75) is 31.3 Å². The third-order valence-corrected chi connectivity index (χ3v) is 5.44. The summed E-state index contributed by atoms with van der Waals surface area (Å²) in [5, 5.41) is 9.57. The van der Waals surface area contributed by atoms with E-state index in [1.54, 1.807) is 54.6 Å². The summed E-state index contributed by atoms with van der Waals surface area (Å²) in [7, 11) is 0. The lowest BCUT2D eigenvalue weighted by molar-refractivity contribution is -0.149. The van der Waals surface area contributed by atoms with E-state index in [9.17, 15) is 24.3 Å². The molecule has 2 aromatic rings. The molecule has 152 valence electrons. The number of hydrogen-bond acceptors (Lipinski definition) is 4. The van der Waals surface area contributed by atoms with Gasteiger partial charge in [0.25, 0.3) is 17.7 Å². The lowest BCUT2D eigenvalue weighted by Crippen LogP contribution is -2.54. The molecule has 2 aliphatic heterocycles. The van der Waals surface area contributed by atoms with E-state index in [1.807, 2.05) is 6.07 Å². The molecule has 7 nitrogen and oxygen atoms in total. The Morgan fingerprint density at radius 1 is 0.967 bits per heavy atom. The highest BCUT2D eigenvalue weighted by Gasteiger charge is 2.45. The summed E-state index contributed by atoms with van der Waals surface area (Å²) in [4.78, 5) is 53.4. The van der Waals surface area contributed by atoms with Crippen LogP contribution in [0.2, 0.25) is 0 Å². The summed E-state index contributed by atoms with van der Waals surface area (Å²) in [6, 6.07) is 13.3. The second kappa shape index (κ2) is 7.94. The van der Waals surface area contributed by atoms with Gasteiger partial charge in [0, 0.05) is 12.6 Å². The number of hydrogen-bond donors (Lipinski definition) is 1. The molecule has 0 bridgehead atoms. The Morgan fingerprint density at radius 2 is 1.57 bits per heavy atom. The highest BCUT2D eigenvalue weighted by atomic mass is 16.4. The molecule has 7 heteroatoms. The van der Waals surface area contributed by atoms with E-state index in [0.29, 0.717) is 6.42 Å². The summed E-state index contributed by atoms with van der Waals surface area (Å²) in [6.07, 6.45) is 4.08. The first-order valence-corrected chi connectivity index (χ1v) is 9.71. The number of carboxylic acid groups (broad SMARTS) is 1. The second-order valence-electron chi connectivity index (χ2n) is 7.29. The standard InChI is InChI=1S/C23H20N2O5/c26-20-16-10-4-5-11-17(16)21(27)25(20)19(14-15-8-2-1-3-9-15)22(28)24-13-7-6-12-18(24)23(29)30/h1-5,7-11,13,18-19H,6,12,14H2,(H,29,30)/t18-,19-/m0/s1. The molecule has 3 amide bonds. The quantitative estimate of drug-likeness (QED) is 0.773. The van der Waals surface area contributed by atoms with Crippen molar-refractivity contribution < 1.29 is 24.3 Å². The number of benzene rings is 2. The normalized spacial score (nSPS) is 19.0. The maximum atomic E-state index is 13.5. The van der Waals surface area contributed by atoms with Gasteiger partial charge in [0.2, 0.25) is 0 Å². The molecule has 2 atom stereocenters. The molecule has 2 heterocycles. The van der Waals surface area contributed by atoms with Gasteiger partial charge >= 0.3 is 5.97 Å². The minimum absolute atomic E-state index is 0.0990. The number of imide groups is 1. The number of rotatable bonds is 5. The zero-order valence-corrected chi connectivity index (χ0v) is 16.1. The number of nitrogens with zero attached hydrogens (tertiary/aromatic N) is 2. The molecule has 0 unspecified atom stereocenters. The van der Waals surface area contributed by atoms with E-state index in [4.69, 9.17) is 0 Å². The molecule has 0 radical (unpaired) electrons. The second-order valence-corrected chi connectivity index (χ2v) is 7.29. The average molecular weight is 404 g/mol. The van der Waals surface area contributed by atoms with Crippen LogP contribution in [0.15, 0.2) is 66.9 Å². The molecule has 30 heavy (non-hydrogen) atoms. The lowest BCUT2D eigenvalue weighted by atomic mass is 10.00. The van der Waals surface area contributed by atoms with E-state index >= 15 is 0 Å². The van der Waals surface area contributed by atoms with Gasteiger partial charge in [-0.15, -0.1) is 0 Å². The molecule has 1 N–H and O–H groups in total. The van der Waals surface area contributed by atoms with Crippen molar-refractivity contribution in [2.75, 3.05) is 0 Å². The highest BCUT2D eigenvalue weighted by molar-refractivity contribution is 6.23. The zero-order chi connectivity index (χ0) is 21.3. The molecular formula is C23H20N2O5. The summed E-state index contributed by atoms with van der Waals surface area (Å²) >= 11 is 0. The van der Waals surface area contributed by atoms with Crippen LogP contribution in [0.25, 0.3) is 0 Å². The smallest absolute Gasteiger partial charge is 0.326 e. The van der Waals surface area contributed by atoms with Gasteiger partial charge in [0.05, 0.1) is 11.1 Å². The fraction of sp³-hybridized carbons (Fsp3) is 0.217. The number of carbonyl (C=O) groups excluding carboxylic acids is 3. The molecule has 0 fully saturated rings. The molecule has 0 saturated heterocycles. The van der Waals surface area contributed by atoms with Crippen LogP contribution in [0.3, 0.4) is 0 Å². The first kappa shape index (κ1) is 19.6. The van der Waals surface area contributed by atoms with Crippen molar-refractivity contribution in [1.82, 2.24) is 9.80 Å². The molecular weight excluding hydrogens is 384 g/mol. The average Bonchev–Trinajstić information content (AvgIpc) is 3.03. The third kappa shape index (κ3) is 3.39. The van der Waals surface area contributed by atoms with Crippen molar-refractivity contribution in [3.63, 3.8) is 0 Å². The highest BCUT2D eigenvalue weighted by Crippen LogP contribution is 2.28. The number of carbonyl (C=O) groups is 4. The van der Waals surface area contributed by atoms with Gasteiger partial charge in [0.15, 0.2) is 0 Å². The van der Waals surface area contributed by atoms with Gasteiger partial charge in [-0.1, -0.05) is 48.5 Å². The Labute approximate surface area is 173 Å². The first-order chi connectivity index (χ1) is 14.5. The SMILES string of the molecule is O=C(O)[C@@H]1CCC=CN1C(=O)[C@H](Cc1ccccc1)N1C(=O)c2ccccc2C1=O.